The van der Waals surface area contributed by atoms with Crippen molar-refractivity contribution in [1.82, 2.24) is 4.57 Å². The highest BCUT2D eigenvalue weighted by atomic mass is 35.5. The van der Waals surface area contributed by atoms with E-state index >= 15 is 0 Å². The summed E-state index contributed by atoms with van der Waals surface area (Å²) in [6.07, 6.45) is -4.67. The second kappa shape index (κ2) is 7.57. The van der Waals surface area contributed by atoms with Gasteiger partial charge in [0.05, 0.1) is 20.8 Å². The molecule has 1 N–H and O–H groups in total. The summed E-state index contributed by atoms with van der Waals surface area (Å²) in [6.45, 7) is -0.695. The lowest BCUT2D eigenvalue weighted by Crippen LogP contribution is -2.21. The number of carbonyl (C=O) groups is 2. The number of rotatable bonds is 3. The molecule has 146 valence electrons. The molecule has 0 fully saturated rings. The van der Waals surface area contributed by atoms with E-state index in [1.165, 1.54) is 18.2 Å². The molecule has 0 saturated carbocycles. The van der Waals surface area contributed by atoms with Crippen molar-refractivity contribution in [1.29, 1.82) is 0 Å². The van der Waals surface area contributed by atoms with E-state index in [1.807, 2.05) is 0 Å². The van der Waals surface area contributed by atoms with Gasteiger partial charge >= 0.3 is 12.1 Å². The fourth-order valence-electron chi connectivity index (χ4n) is 2.44. The number of nitrogens with zero attached hydrogens (tertiary/aromatic N) is 2. The minimum atomic E-state index is -4.67. The first kappa shape index (κ1) is 20.4. The summed E-state index contributed by atoms with van der Waals surface area (Å²) in [5, 5.41) is 9.22. The second-order valence-electron chi connectivity index (χ2n) is 5.60. The van der Waals surface area contributed by atoms with Crippen molar-refractivity contribution >= 4 is 56.6 Å². The molecule has 0 spiro atoms. The molecule has 0 saturated heterocycles. The van der Waals surface area contributed by atoms with Gasteiger partial charge in [-0.1, -0.05) is 40.6 Å². The van der Waals surface area contributed by atoms with Crippen LogP contribution in [0.1, 0.15) is 15.9 Å². The number of carbonyl (C=O) groups excluding carboxylic acids is 1. The lowest BCUT2D eigenvalue weighted by molar-refractivity contribution is -0.138. The minimum Gasteiger partial charge on any atom is -0.480 e. The molecule has 1 amide bonds. The molecule has 1 aromatic heterocycles. The summed E-state index contributed by atoms with van der Waals surface area (Å²) < 4.78 is 40.5. The normalized spacial score (nSPS) is 12.5. The van der Waals surface area contributed by atoms with Crippen LogP contribution in [-0.2, 0) is 17.5 Å². The number of aromatic nitrogens is 1. The molecule has 0 bridgehead atoms. The molecule has 0 aliphatic rings. The lowest BCUT2D eigenvalue weighted by Gasteiger charge is -2.08. The number of amides is 1. The van der Waals surface area contributed by atoms with Crippen LogP contribution in [0.4, 0.5) is 13.2 Å². The highest BCUT2D eigenvalue weighted by Crippen LogP contribution is 2.36. The number of hydrogen-bond donors (Lipinski definition) is 1. The summed E-state index contributed by atoms with van der Waals surface area (Å²) >= 11 is 12.6. The van der Waals surface area contributed by atoms with Crippen LogP contribution in [-0.4, -0.2) is 21.6 Å². The molecule has 0 unspecified atom stereocenters. The molecule has 5 nitrogen and oxygen atoms in total. The average Bonchev–Trinajstić information content (AvgIpc) is 2.92. The fraction of sp³-hybridized carbons (Fsp3) is 0.118. The van der Waals surface area contributed by atoms with E-state index in [0.717, 1.165) is 28.0 Å². The first-order valence-corrected chi connectivity index (χ1v) is 9.10. The van der Waals surface area contributed by atoms with Gasteiger partial charge < -0.3 is 9.67 Å². The quantitative estimate of drug-likeness (QED) is 0.621. The molecule has 2 aromatic carbocycles. The molecular weight excluding hydrogens is 440 g/mol. The molecule has 0 atom stereocenters. The number of hydrogen-bond acceptors (Lipinski definition) is 3. The molecule has 0 aliphatic carbocycles. The molecule has 3 aromatic rings. The average molecular weight is 449 g/mol. The molecule has 3 rings (SSSR count). The van der Waals surface area contributed by atoms with Crippen molar-refractivity contribution in [3.8, 4) is 0 Å². The van der Waals surface area contributed by atoms with Gasteiger partial charge in [0, 0.05) is 10.6 Å². The van der Waals surface area contributed by atoms with E-state index in [9.17, 15) is 22.8 Å². The predicted molar refractivity (Wildman–Crippen MR) is 98.8 cm³/mol. The van der Waals surface area contributed by atoms with Crippen LogP contribution in [0.3, 0.4) is 0 Å². The van der Waals surface area contributed by atoms with Gasteiger partial charge in [0.25, 0.3) is 5.91 Å². The van der Waals surface area contributed by atoms with E-state index in [4.69, 9.17) is 28.3 Å². The molecule has 28 heavy (non-hydrogen) atoms. The van der Waals surface area contributed by atoms with E-state index in [0.29, 0.717) is 5.02 Å². The van der Waals surface area contributed by atoms with Crippen LogP contribution in [0, 0.1) is 0 Å². The monoisotopic (exact) mass is 448 g/mol. The molecule has 0 radical (unpaired) electrons. The first-order valence-electron chi connectivity index (χ1n) is 7.53. The topological polar surface area (TPSA) is 71.7 Å². The Bertz CT molecular complexity index is 1170. The van der Waals surface area contributed by atoms with Crippen LogP contribution < -0.4 is 4.80 Å². The largest absolute Gasteiger partial charge is 0.480 e. The maximum Gasteiger partial charge on any atom is 0.416 e. The van der Waals surface area contributed by atoms with Crippen molar-refractivity contribution in [3.05, 3.63) is 62.4 Å². The zero-order valence-corrected chi connectivity index (χ0v) is 16.0. The molecule has 0 aliphatic heterocycles. The zero-order valence-electron chi connectivity index (χ0n) is 13.6. The van der Waals surface area contributed by atoms with Crippen molar-refractivity contribution in [2.24, 2.45) is 4.99 Å². The van der Waals surface area contributed by atoms with Crippen LogP contribution >= 0.6 is 34.5 Å². The summed E-state index contributed by atoms with van der Waals surface area (Å²) in [5.41, 5.74) is -0.964. The maximum atomic E-state index is 13.1. The Balaban J connectivity index is 2.25. The van der Waals surface area contributed by atoms with Crippen LogP contribution in [0.5, 0.6) is 0 Å². The summed E-state index contributed by atoms with van der Waals surface area (Å²) in [4.78, 5) is 27.4. The van der Waals surface area contributed by atoms with Gasteiger partial charge in [-0.15, -0.1) is 0 Å². The maximum absolute atomic E-state index is 13.1. The Morgan fingerprint density at radius 1 is 1.18 bits per heavy atom. The Morgan fingerprint density at radius 2 is 1.89 bits per heavy atom. The number of aliphatic carboxylic acids is 1. The third-order valence-electron chi connectivity index (χ3n) is 3.63. The smallest absolute Gasteiger partial charge is 0.416 e. The van der Waals surface area contributed by atoms with Gasteiger partial charge in [-0.2, -0.15) is 18.2 Å². The molecule has 11 heteroatoms. The van der Waals surface area contributed by atoms with E-state index in [1.54, 1.807) is 6.07 Å². The van der Waals surface area contributed by atoms with Gasteiger partial charge in [0.1, 0.15) is 6.54 Å². The van der Waals surface area contributed by atoms with Crippen LogP contribution in [0.25, 0.3) is 10.2 Å². The SMILES string of the molecule is O=C(O)Cn1c(=NC(=O)c2cccc(Cl)c2)sc2c(Cl)cc(C(F)(F)F)cc21. The highest BCUT2D eigenvalue weighted by molar-refractivity contribution is 7.17. The Morgan fingerprint density at radius 3 is 2.50 bits per heavy atom. The number of benzene rings is 2. The Kier molecular flexibility index (Phi) is 5.51. The first-order chi connectivity index (χ1) is 13.1. The van der Waals surface area contributed by atoms with Crippen molar-refractivity contribution in [2.45, 2.75) is 12.7 Å². The van der Waals surface area contributed by atoms with Crippen molar-refractivity contribution in [2.75, 3.05) is 0 Å². The van der Waals surface area contributed by atoms with Crippen LogP contribution in [0.15, 0.2) is 41.4 Å². The summed E-state index contributed by atoms with van der Waals surface area (Å²) in [5.74, 6) is -2.04. The zero-order chi connectivity index (χ0) is 20.6. The minimum absolute atomic E-state index is 0.0788. The lowest BCUT2D eigenvalue weighted by atomic mass is 10.2. The van der Waals surface area contributed by atoms with E-state index in [-0.39, 0.29) is 25.6 Å². The molecular formula is C17H9Cl2F3N2O3S. The van der Waals surface area contributed by atoms with E-state index < -0.39 is 30.2 Å². The van der Waals surface area contributed by atoms with Gasteiger partial charge in [0.15, 0.2) is 4.80 Å². The predicted octanol–water partition coefficient (Wildman–Crippen LogP) is 4.85. The summed E-state index contributed by atoms with van der Waals surface area (Å²) in [6, 6.07) is 7.45. The van der Waals surface area contributed by atoms with Crippen LogP contribution in [0.2, 0.25) is 10.0 Å². The fourth-order valence-corrected chi connectivity index (χ4v) is 3.97. The van der Waals surface area contributed by atoms with Gasteiger partial charge in [0.2, 0.25) is 0 Å². The van der Waals surface area contributed by atoms with E-state index in [2.05, 4.69) is 4.99 Å². The van der Waals surface area contributed by atoms with Crippen molar-refractivity contribution in [3.63, 3.8) is 0 Å². The number of thiazole rings is 1. The van der Waals surface area contributed by atoms with Crippen molar-refractivity contribution < 1.29 is 27.9 Å². The van der Waals surface area contributed by atoms with Gasteiger partial charge in [-0.05, 0) is 30.3 Å². The standard InChI is InChI=1S/C17H9Cl2F3N2O3S/c18-10-3-1-2-8(4-10)15(27)23-16-24(7-13(25)26)12-6-9(17(20,21)22)5-11(19)14(12)28-16/h1-6H,7H2,(H,25,26). The summed E-state index contributed by atoms with van der Waals surface area (Å²) in [7, 11) is 0. The number of alkyl halides is 3. The molecule has 1 heterocycles. The van der Waals surface area contributed by atoms with Gasteiger partial charge in [-0.3, -0.25) is 9.59 Å². The number of fused-ring (bicyclic) bond motifs is 1. The number of carboxylic acids is 1. The third-order valence-corrected chi connectivity index (χ3v) is 5.40. The Hall–Kier alpha value is -2.36. The van der Waals surface area contributed by atoms with Gasteiger partial charge in [-0.25, -0.2) is 0 Å². The highest BCUT2D eigenvalue weighted by Gasteiger charge is 2.32. The Labute approximate surface area is 169 Å². The number of carboxylic acid groups (broad SMARTS) is 1. The third kappa shape index (κ3) is 4.21. The second-order valence-corrected chi connectivity index (χ2v) is 7.42. The number of halogens is 5.